The maximum absolute atomic E-state index is 11.4. The fraction of sp³-hybridized carbons (Fsp3) is 0.0667. The fourth-order valence-electron chi connectivity index (χ4n) is 2.59. The first-order valence-corrected chi connectivity index (χ1v) is 6.34. The molecule has 1 aliphatic rings. The summed E-state index contributed by atoms with van der Waals surface area (Å²) in [7, 11) is 0. The van der Waals surface area contributed by atoms with Crippen molar-refractivity contribution in [3.8, 4) is 0 Å². The zero-order valence-corrected chi connectivity index (χ0v) is 10.5. The number of anilines is 2. The van der Waals surface area contributed by atoms with Gasteiger partial charge in [-0.25, -0.2) is 4.79 Å². The highest BCUT2D eigenvalue weighted by molar-refractivity contribution is 5.64. The Morgan fingerprint density at radius 3 is 2.65 bits per heavy atom. The van der Waals surface area contributed by atoms with Crippen molar-refractivity contribution in [2.24, 2.45) is 0 Å². The summed E-state index contributed by atoms with van der Waals surface area (Å²) in [5.41, 5.74) is 3.03. The molecule has 0 spiro atoms. The number of rotatable bonds is 1. The molecule has 2 heterocycles. The summed E-state index contributed by atoms with van der Waals surface area (Å²) < 4.78 is 6.75. The smallest absolute Gasteiger partial charge is 0.323 e. The Morgan fingerprint density at radius 2 is 1.80 bits per heavy atom. The highest BCUT2D eigenvalue weighted by Gasteiger charge is 2.29. The molecule has 5 nitrogen and oxygen atoms in total. The first kappa shape index (κ1) is 11.0. The fourth-order valence-corrected chi connectivity index (χ4v) is 2.59. The lowest BCUT2D eigenvalue weighted by Crippen LogP contribution is -2.20. The first-order chi connectivity index (χ1) is 9.83. The Morgan fingerprint density at radius 1 is 1.05 bits per heavy atom. The predicted octanol–water partition coefficient (Wildman–Crippen LogP) is 2.53. The van der Waals surface area contributed by atoms with Gasteiger partial charge in [0.05, 0.1) is 0 Å². The van der Waals surface area contributed by atoms with Crippen molar-refractivity contribution >= 4 is 11.6 Å². The molecule has 1 unspecified atom stereocenters. The molecule has 5 heteroatoms. The second kappa shape index (κ2) is 4.09. The summed E-state index contributed by atoms with van der Waals surface area (Å²) in [6, 6.07) is 17.6. The topological polar surface area (TPSA) is 60.1 Å². The first-order valence-electron chi connectivity index (χ1n) is 6.34. The van der Waals surface area contributed by atoms with Crippen LogP contribution in [0.5, 0.6) is 0 Å². The van der Waals surface area contributed by atoms with Crippen molar-refractivity contribution < 1.29 is 4.52 Å². The highest BCUT2D eigenvalue weighted by Crippen LogP contribution is 2.38. The largest absolute Gasteiger partial charge is 0.461 e. The molecule has 0 bridgehead atoms. The summed E-state index contributed by atoms with van der Waals surface area (Å²) >= 11 is 0. The van der Waals surface area contributed by atoms with Crippen LogP contribution in [0.3, 0.4) is 0 Å². The molecule has 20 heavy (non-hydrogen) atoms. The summed E-state index contributed by atoms with van der Waals surface area (Å²) in [5.74, 6) is -0.163. The number of hydrogen-bond acceptors (Lipinski definition) is 4. The number of aromatic nitrogens is 2. The number of para-hydroxylation sites is 1. The van der Waals surface area contributed by atoms with E-state index in [2.05, 4.69) is 10.3 Å². The van der Waals surface area contributed by atoms with Crippen LogP contribution in [0.2, 0.25) is 0 Å². The SMILES string of the molecule is O=c1nc2n(o1)C(c1ccccc1)c1ccccc1N2. The Kier molecular flexibility index (Phi) is 2.26. The Balaban J connectivity index is 1.99. The van der Waals surface area contributed by atoms with E-state index in [0.29, 0.717) is 5.95 Å². The monoisotopic (exact) mass is 265 g/mol. The van der Waals surface area contributed by atoms with Crippen molar-refractivity contribution in [3.63, 3.8) is 0 Å². The number of benzene rings is 2. The van der Waals surface area contributed by atoms with Gasteiger partial charge < -0.3 is 9.84 Å². The van der Waals surface area contributed by atoms with E-state index in [1.165, 1.54) is 4.74 Å². The summed E-state index contributed by atoms with van der Waals surface area (Å²) in [6.45, 7) is 0. The van der Waals surface area contributed by atoms with Crippen LogP contribution in [0, 0.1) is 0 Å². The molecule has 0 amide bonds. The van der Waals surface area contributed by atoms with Crippen LogP contribution in [0.25, 0.3) is 0 Å². The molecule has 3 aromatic rings. The molecule has 0 fully saturated rings. The molecule has 4 rings (SSSR count). The van der Waals surface area contributed by atoms with Crippen LogP contribution < -0.4 is 11.1 Å². The van der Waals surface area contributed by atoms with Gasteiger partial charge in [-0.1, -0.05) is 48.5 Å². The van der Waals surface area contributed by atoms with E-state index in [0.717, 1.165) is 16.8 Å². The zero-order chi connectivity index (χ0) is 13.5. The third-order valence-electron chi connectivity index (χ3n) is 3.43. The molecule has 1 N–H and O–H groups in total. The van der Waals surface area contributed by atoms with E-state index in [-0.39, 0.29) is 6.04 Å². The molecule has 1 atom stereocenters. The van der Waals surface area contributed by atoms with Crippen LogP contribution in [0.1, 0.15) is 17.2 Å². The van der Waals surface area contributed by atoms with Crippen molar-refractivity contribution in [2.75, 3.05) is 5.32 Å². The molecule has 1 aliphatic heterocycles. The average Bonchev–Trinajstić information content (AvgIpc) is 2.85. The molecule has 1 aromatic heterocycles. The summed E-state index contributed by atoms with van der Waals surface area (Å²) in [4.78, 5) is 15.3. The van der Waals surface area contributed by atoms with Crippen LogP contribution in [0.15, 0.2) is 63.9 Å². The van der Waals surface area contributed by atoms with Gasteiger partial charge in [0.15, 0.2) is 0 Å². The second-order valence-electron chi connectivity index (χ2n) is 4.64. The lowest BCUT2D eigenvalue weighted by molar-refractivity contribution is 0.244. The predicted molar refractivity (Wildman–Crippen MR) is 74.2 cm³/mol. The molecular weight excluding hydrogens is 254 g/mol. The van der Waals surface area contributed by atoms with Crippen LogP contribution in [-0.4, -0.2) is 9.72 Å². The van der Waals surface area contributed by atoms with Gasteiger partial charge >= 0.3 is 5.76 Å². The zero-order valence-electron chi connectivity index (χ0n) is 10.5. The van der Waals surface area contributed by atoms with E-state index in [9.17, 15) is 4.79 Å². The minimum Gasteiger partial charge on any atom is -0.323 e. The van der Waals surface area contributed by atoms with Crippen molar-refractivity contribution in [1.29, 1.82) is 0 Å². The van der Waals surface area contributed by atoms with Crippen molar-refractivity contribution in [3.05, 3.63) is 76.3 Å². The van der Waals surface area contributed by atoms with Gasteiger partial charge in [-0.05, 0) is 11.6 Å². The van der Waals surface area contributed by atoms with E-state index in [4.69, 9.17) is 4.52 Å². The van der Waals surface area contributed by atoms with E-state index in [1.807, 2.05) is 54.6 Å². The Hall–Kier alpha value is -2.82. The normalized spacial score (nSPS) is 16.1. The number of fused-ring (bicyclic) bond motifs is 2. The Bertz CT molecular complexity index is 820. The number of nitrogens with one attached hydrogen (secondary N) is 1. The Labute approximate surface area is 114 Å². The van der Waals surface area contributed by atoms with Gasteiger partial charge in [-0.3, -0.25) is 0 Å². The third-order valence-corrected chi connectivity index (χ3v) is 3.43. The standard InChI is InChI=1S/C15H11N3O2/c19-15-17-14-16-12-9-5-4-8-11(12)13(18(14)20-15)10-6-2-1-3-7-10/h1-9,13H,(H,16,17,19). The molecule has 0 radical (unpaired) electrons. The van der Waals surface area contributed by atoms with Crippen LogP contribution in [0.4, 0.5) is 11.6 Å². The van der Waals surface area contributed by atoms with Crippen LogP contribution in [-0.2, 0) is 0 Å². The molecule has 0 saturated heterocycles. The maximum Gasteiger partial charge on any atom is 0.461 e. The van der Waals surface area contributed by atoms with Crippen molar-refractivity contribution in [2.45, 2.75) is 6.04 Å². The molecule has 98 valence electrons. The van der Waals surface area contributed by atoms with Crippen LogP contribution >= 0.6 is 0 Å². The van der Waals surface area contributed by atoms with Gasteiger partial charge in [0.25, 0.3) is 0 Å². The van der Waals surface area contributed by atoms with Gasteiger partial charge in [-0.2, -0.15) is 4.74 Å². The second-order valence-corrected chi connectivity index (χ2v) is 4.64. The van der Waals surface area contributed by atoms with Crippen molar-refractivity contribution in [1.82, 2.24) is 9.72 Å². The van der Waals surface area contributed by atoms with E-state index in [1.54, 1.807) is 0 Å². The van der Waals surface area contributed by atoms with Gasteiger partial charge in [0, 0.05) is 11.3 Å². The van der Waals surface area contributed by atoms with E-state index >= 15 is 0 Å². The number of nitrogens with zero attached hydrogens (tertiary/aromatic N) is 2. The lowest BCUT2D eigenvalue weighted by Gasteiger charge is -2.26. The van der Waals surface area contributed by atoms with Gasteiger partial charge in [0.2, 0.25) is 5.95 Å². The maximum atomic E-state index is 11.4. The lowest BCUT2D eigenvalue weighted by atomic mass is 9.96. The summed E-state index contributed by atoms with van der Waals surface area (Å²) in [6.07, 6.45) is 0. The molecule has 0 aliphatic carbocycles. The highest BCUT2D eigenvalue weighted by atomic mass is 16.5. The van der Waals surface area contributed by atoms with Gasteiger partial charge in [0.1, 0.15) is 6.04 Å². The van der Waals surface area contributed by atoms with E-state index < -0.39 is 5.76 Å². The molecule has 2 aromatic carbocycles. The quantitative estimate of drug-likeness (QED) is 0.574. The molecular formula is C15H11N3O2. The third kappa shape index (κ3) is 1.56. The average molecular weight is 265 g/mol. The molecule has 0 saturated carbocycles. The van der Waals surface area contributed by atoms with Gasteiger partial charge in [-0.15, -0.1) is 4.98 Å². The minimum absolute atomic E-state index is 0.182. The minimum atomic E-state index is -0.596. The summed E-state index contributed by atoms with van der Waals surface area (Å²) in [5, 5.41) is 3.12. The number of hydrogen-bond donors (Lipinski definition) is 1.